The zero-order chi connectivity index (χ0) is 13.8. The number of halogens is 1. The molecule has 0 amide bonds. The number of nitrogens with two attached hydrogens (primary N) is 1. The van der Waals surface area contributed by atoms with Crippen LogP contribution in [0.25, 0.3) is 0 Å². The van der Waals surface area contributed by atoms with Gasteiger partial charge in [0.05, 0.1) is 16.8 Å². The summed E-state index contributed by atoms with van der Waals surface area (Å²) in [5.41, 5.74) is 6.79. The van der Waals surface area contributed by atoms with Crippen molar-refractivity contribution >= 4 is 17.2 Å². The number of nitrogens with one attached hydrogen (secondary N) is 1. The Morgan fingerprint density at radius 2 is 2.00 bits per heavy atom. The van der Waals surface area contributed by atoms with Crippen molar-refractivity contribution in [2.75, 3.05) is 11.1 Å². The molecule has 0 atom stereocenters. The van der Waals surface area contributed by atoms with Crippen molar-refractivity contribution in [2.45, 2.75) is 0 Å². The summed E-state index contributed by atoms with van der Waals surface area (Å²) in [6.45, 7) is 0. The Labute approximate surface area is 108 Å². The van der Waals surface area contributed by atoms with Gasteiger partial charge in [-0.25, -0.2) is 9.37 Å². The van der Waals surface area contributed by atoms with E-state index >= 15 is 0 Å². The van der Waals surface area contributed by atoms with Gasteiger partial charge >= 0.3 is 0 Å². The fraction of sp³-hybridized carbons (Fsp3) is 0. The average molecular weight is 253 g/mol. The Kier molecular flexibility index (Phi) is 3.26. The highest BCUT2D eigenvalue weighted by Gasteiger charge is 2.06. The SMILES string of the molecule is N#Cc1cnc(Nc2ccc(F)c(C#N)c2)c(N)c1. The number of aromatic nitrogens is 1. The highest BCUT2D eigenvalue weighted by molar-refractivity contribution is 5.70. The Morgan fingerprint density at radius 3 is 2.63 bits per heavy atom. The summed E-state index contributed by atoms with van der Waals surface area (Å²) in [5.74, 6) is -0.247. The molecule has 92 valence electrons. The molecule has 0 aliphatic carbocycles. The van der Waals surface area contributed by atoms with Crippen molar-refractivity contribution < 1.29 is 4.39 Å². The molecule has 1 heterocycles. The molecule has 0 spiro atoms. The number of nitrogens with zero attached hydrogens (tertiary/aromatic N) is 3. The molecular weight excluding hydrogens is 245 g/mol. The quantitative estimate of drug-likeness (QED) is 0.855. The van der Waals surface area contributed by atoms with Crippen molar-refractivity contribution in [1.29, 1.82) is 10.5 Å². The molecule has 1 aromatic carbocycles. The molecule has 0 unspecified atom stereocenters. The van der Waals surface area contributed by atoms with Crippen LogP contribution in [0, 0.1) is 28.5 Å². The lowest BCUT2D eigenvalue weighted by Gasteiger charge is -2.08. The molecule has 0 bridgehead atoms. The predicted octanol–water partition coefficient (Wildman–Crippen LogP) is 2.29. The smallest absolute Gasteiger partial charge is 0.153 e. The molecule has 0 saturated carbocycles. The van der Waals surface area contributed by atoms with Crippen molar-refractivity contribution in [1.82, 2.24) is 4.98 Å². The van der Waals surface area contributed by atoms with Crippen LogP contribution in [0.1, 0.15) is 11.1 Å². The number of benzene rings is 1. The second-order valence-corrected chi connectivity index (χ2v) is 3.71. The van der Waals surface area contributed by atoms with E-state index < -0.39 is 5.82 Å². The molecule has 0 radical (unpaired) electrons. The van der Waals surface area contributed by atoms with Gasteiger partial charge in [-0.2, -0.15) is 10.5 Å². The molecule has 19 heavy (non-hydrogen) atoms. The molecule has 3 N–H and O–H groups in total. The lowest BCUT2D eigenvalue weighted by molar-refractivity contribution is 0.624. The number of rotatable bonds is 2. The standard InChI is InChI=1S/C13H8FN5/c14-11-2-1-10(4-9(11)6-16)19-13-12(17)3-8(5-15)7-18-13/h1-4,7H,17H2,(H,18,19). The van der Waals surface area contributed by atoms with E-state index in [1.54, 1.807) is 6.07 Å². The maximum absolute atomic E-state index is 13.2. The van der Waals surface area contributed by atoms with Gasteiger partial charge in [0.1, 0.15) is 18.0 Å². The van der Waals surface area contributed by atoms with E-state index in [2.05, 4.69) is 10.3 Å². The first-order chi connectivity index (χ1) is 9.13. The van der Waals surface area contributed by atoms with E-state index in [1.165, 1.54) is 30.5 Å². The van der Waals surface area contributed by atoms with Crippen molar-refractivity contribution in [3.63, 3.8) is 0 Å². The highest BCUT2D eigenvalue weighted by Crippen LogP contribution is 2.22. The fourth-order valence-corrected chi connectivity index (χ4v) is 1.47. The van der Waals surface area contributed by atoms with Gasteiger partial charge in [0, 0.05) is 11.9 Å². The molecule has 2 rings (SSSR count). The van der Waals surface area contributed by atoms with Gasteiger partial charge in [0.25, 0.3) is 0 Å². The van der Waals surface area contributed by atoms with Crippen LogP contribution in [0.4, 0.5) is 21.6 Å². The summed E-state index contributed by atoms with van der Waals surface area (Å²) in [5, 5.41) is 20.3. The van der Waals surface area contributed by atoms with E-state index in [0.29, 0.717) is 22.8 Å². The van der Waals surface area contributed by atoms with Crippen molar-refractivity contribution in [2.24, 2.45) is 0 Å². The maximum atomic E-state index is 13.2. The molecule has 0 aliphatic rings. The fourth-order valence-electron chi connectivity index (χ4n) is 1.47. The van der Waals surface area contributed by atoms with Crippen LogP contribution >= 0.6 is 0 Å². The summed E-state index contributed by atoms with van der Waals surface area (Å²) in [7, 11) is 0. The molecular formula is C13H8FN5. The van der Waals surface area contributed by atoms with Crippen LogP contribution in [-0.4, -0.2) is 4.98 Å². The van der Waals surface area contributed by atoms with Crippen molar-refractivity contribution in [3.8, 4) is 12.1 Å². The average Bonchev–Trinajstić information content (AvgIpc) is 2.43. The number of nitrogen functional groups attached to an aromatic ring is 1. The lowest BCUT2D eigenvalue weighted by Crippen LogP contribution is -2.00. The minimum atomic E-state index is -0.589. The van der Waals surface area contributed by atoms with Crippen LogP contribution in [0.15, 0.2) is 30.5 Å². The minimum Gasteiger partial charge on any atom is -0.396 e. The van der Waals surface area contributed by atoms with Gasteiger partial charge in [-0.05, 0) is 24.3 Å². The Bertz CT molecular complexity index is 712. The minimum absolute atomic E-state index is 0.0720. The molecule has 0 saturated heterocycles. The van der Waals surface area contributed by atoms with Gasteiger partial charge in [0.15, 0.2) is 5.82 Å². The Morgan fingerprint density at radius 1 is 1.21 bits per heavy atom. The van der Waals surface area contributed by atoms with E-state index in [4.69, 9.17) is 16.3 Å². The van der Waals surface area contributed by atoms with Gasteiger partial charge in [-0.3, -0.25) is 0 Å². The summed E-state index contributed by atoms with van der Waals surface area (Å²) in [6.07, 6.45) is 1.37. The van der Waals surface area contributed by atoms with Gasteiger partial charge in [0.2, 0.25) is 0 Å². The molecule has 0 fully saturated rings. The summed E-state index contributed by atoms with van der Waals surface area (Å²) in [4.78, 5) is 3.99. The number of anilines is 3. The number of hydrogen-bond acceptors (Lipinski definition) is 5. The predicted molar refractivity (Wildman–Crippen MR) is 67.8 cm³/mol. The molecule has 1 aromatic heterocycles. The van der Waals surface area contributed by atoms with Gasteiger partial charge < -0.3 is 11.1 Å². The normalized spacial score (nSPS) is 9.42. The monoisotopic (exact) mass is 253 g/mol. The highest BCUT2D eigenvalue weighted by atomic mass is 19.1. The first-order valence-corrected chi connectivity index (χ1v) is 5.26. The molecule has 5 nitrogen and oxygen atoms in total. The third-order valence-electron chi connectivity index (χ3n) is 2.40. The zero-order valence-electron chi connectivity index (χ0n) is 9.68. The third-order valence-corrected chi connectivity index (χ3v) is 2.40. The van der Waals surface area contributed by atoms with Crippen LogP contribution in [0.5, 0.6) is 0 Å². The third kappa shape index (κ3) is 2.59. The molecule has 6 heteroatoms. The second kappa shape index (κ2) is 5.03. The molecule has 0 aliphatic heterocycles. The van der Waals surface area contributed by atoms with Crippen molar-refractivity contribution in [3.05, 3.63) is 47.4 Å². The Hall–Kier alpha value is -3.12. The number of hydrogen-bond donors (Lipinski definition) is 2. The topological polar surface area (TPSA) is 98.5 Å². The van der Waals surface area contributed by atoms with E-state index in [1.807, 2.05) is 6.07 Å². The largest absolute Gasteiger partial charge is 0.396 e. The zero-order valence-corrected chi connectivity index (χ0v) is 9.68. The number of pyridine rings is 1. The summed E-state index contributed by atoms with van der Waals surface area (Å²) >= 11 is 0. The van der Waals surface area contributed by atoms with Gasteiger partial charge in [-0.15, -0.1) is 0 Å². The van der Waals surface area contributed by atoms with Crippen LogP contribution in [0.3, 0.4) is 0 Å². The molecule has 2 aromatic rings. The second-order valence-electron chi connectivity index (χ2n) is 3.71. The number of nitriles is 2. The first kappa shape index (κ1) is 12.3. The van der Waals surface area contributed by atoms with E-state index in [0.717, 1.165) is 0 Å². The maximum Gasteiger partial charge on any atom is 0.153 e. The van der Waals surface area contributed by atoms with Crippen LogP contribution in [0.2, 0.25) is 0 Å². The first-order valence-electron chi connectivity index (χ1n) is 5.26. The van der Waals surface area contributed by atoms with Gasteiger partial charge in [-0.1, -0.05) is 0 Å². The summed E-state index contributed by atoms with van der Waals surface area (Å²) in [6, 6.07) is 9.15. The van der Waals surface area contributed by atoms with Crippen LogP contribution in [-0.2, 0) is 0 Å². The van der Waals surface area contributed by atoms with E-state index in [-0.39, 0.29) is 5.56 Å². The van der Waals surface area contributed by atoms with E-state index in [9.17, 15) is 4.39 Å². The van der Waals surface area contributed by atoms with Crippen LogP contribution < -0.4 is 11.1 Å². The lowest BCUT2D eigenvalue weighted by atomic mass is 10.2. The Balaban J connectivity index is 2.32. The summed E-state index contributed by atoms with van der Waals surface area (Å²) < 4.78 is 13.2.